The molecule has 0 aliphatic heterocycles. The number of nitrogens with zero attached hydrogens (tertiary/aromatic N) is 2. The number of fused-ring (bicyclic) bond motifs is 3. The fourth-order valence-electron chi connectivity index (χ4n) is 3.04. The van der Waals surface area contributed by atoms with Crippen molar-refractivity contribution in [1.29, 1.82) is 0 Å². The lowest BCUT2D eigenvalue weighted by Crippen LogP contribution is -1.85. The minimum Gasteiger partial charge on any atom is -0.505 e. The normalized spacial score (nSPS) is 11.4. The highest BCUT2D eigenvalue weighted by Crippen LogP contribution is 2.42. The molecule has 0 unspecified atom stereocenters. The first kappa shape index (κ1) is 17.6. The van der Waals surface area contributed by atoms with Gasteiger partial charge in [-0.05, 0) is 28.6 Å². The Morgan fingerprint density at radius 1 is 0.778 bits per heavy atom. The van der Waals surface area contributed by atoms with Crippen molar-refractivity contribution in [3.63, 3.8) is 0 Å². The molecular weight excluding hydrogens is 372 g/mol. The van der Waals surface area contributed by atoms with Crippen LogP contribution in [0.2, 0.25) is 0 Å². The van der Waals surface area contributed by atoms with Gasteiger partial charge in [-0.3, -0.25) is 0 Å². The second-order valence-electron chi connectivity index (χ2n) is 6.03. The van der Waals surface area contributed by atoms with Crippen molar-refractivity contribution in [3.05, 3.63) is 84.4 Å². The summed E-state index contributed by atoms with van der Waals surface area (Å²) in [5.41, 5.74) is 1.63. The van der Waals surface area contributed by atoms with Crippen molar-refractivity contribution in [2.75, 3.05) is 0 Å². The van der Waals surface area contributed by atoms with Gasteiger partial charge in [0, 0.05) is 16.5 Å². The summed E-state index contributed by atoms with van der Waals surface area (Å²) in [6, 6.07) is 25.7. The molecule has 0 aromatic heterocycles. The number of thioether (sulfide) groups is 1. The summed E-state index contributed by atoms with van der Waals surface area (Å²) < 4.78 is 0.440. The lowest BCUT2D eigenvalue weighted by atomic mass is 9.99. The van der Waals surface area contributed by atoms with Gasteiger partial charge in [-0.2, -0.15) is 0 Å². The van der Waals surface area contributed by atoms with Crippen molar-refractivity contribution in [3.8, 4) is 5.75 Å². The molecule has 0 atom stereocenters. The van der Waals surface area contributed by atoms with Gasteiger partial charge in [-0.1, -0.05) is 90.6 Å². The topological polar surface area (TPSA) is 45.0 Å². The van der Waals surface area contributed by atoms with Crippen molar-refractivity contribution >= 4 is 55.5 Å². The Kier molecular flexibility index (Phi) is 5.14. The summed E-state index contributed by atoms with van der Waals surface area (Å²) in [4.78, 5) is 0. The monoisotopic (exact) mass is 388 g/mol. The summed E-state index contributed by atoms with van der Waals surface area (Å²) >= 11 is 6.79. The molecule has 0 amide bonds. The largest absolute Gasteiger partial charge is 0.505 e. The fourth-order valence-corrected chi connectivity index (χ4v) is 3.84. The van der Waals surface area contributed by atoms with Crippen molar-refractivity contribution in [2.24, 2.45) is 10.2 Å². The molecule has 0 saturated carbocycles. The summed E-state index contributed by atoms with van der Waals surface area (Å²) in [6.07, 6.45) is 0. The van der Waals surface area contributed by atoms with Gasteiger partial charge >= 0.3 is 0 Å². The predicted octanol–water partition coefficient (Wildman–Crippen LogP) is 7.00. The number of aromatic hydroxyl groups is 1. The first-order valence-corrected chi connectivity index (χ1v) is 9.88. The molecular formula is C22H16N2OS2. The number of hydrogen-bond donors (Lipinski definition) is 1. The van der Waals surface area contributed by atoms with Gasteiger partial charge in [-0.15, -0.1) is 10.2 Å². The van der Waals surface area contributed by atoms with E-state index in [1.807, 2.05) is 66.7 Å². The average molecular weight is 389 g/mol. The van der Waals surface area contributed by atoms with E-state index in [1.54, 1.807) is 0 Å². The number of thiocarbonyl (C=S) groups is 1. The molecule has 27 heavy (non-hydrogen) atoms. The summed E-state index contributed by atoms with van der Waals surface area (Å²) in [5.74, 6) is 0.868. The zero-order valence-electron chi connectivity index (χ0n) is 14.4. The highest BCUT2D eigenvalue weighted by Gasteiger charge is 2.13. The third-order valence-electron chi connectivity index (χ3n) is 4.32. The van der Waals surface area contributed by atoms with Crippen LogP contribution in [0.15, 0.2) is 89.1 Å². The maximum absolute atomic E-state index is 10.8. The molecule has 4 aromatic rings. The van der Waals surface area contributed by atoms with Crippen molar-refractivity contribution in [1.82, 2.24) is 0 Å². The van der Waals surface area contributed by atoms with Gasteiger partial charge in [0.1, 0.15) is 5.69 Å². The quantitative estimate of drug-likeness (QED) is 0.233. The van der Waals surface area contributed by atoms with Gasteiger partial charge in [0.25, 0.3) is 0 Å². The lowest BCUT2D eigenvalue weighted by Gasteiger charge is -2.09. The second-order valence-corrected chi connectivity index (χ2v) is 7.64. The third kappa shape index (κ3) is 3.70. The van der Waals surface area contributed by atoms with E-state index in [0.717, 1.165) is 27.3 Å². The molecule has 0 aliphatic carbocycles. The van der Waals surface area contributed by atoms with E-state index in [9.17, 15) is 5.11 Å². The summed E-state index contributed by atoms with van der Waals surface area (Å²) in [6.45, 7) is 0. The van der Waals surface area contributed by atoms with Crippen LogP contribution >= 0.6 is 24.0 Å². The highest BCUT2D eigenvalue weighted by molar-refractivity contribution is 8.22. The molecule has 0 spiro atoms. The summed E-state index contributed by atoms with van der Waals surface area (Å²) in [7, 11) is 0. The number of rotatable bonds is 3. The van der Waals surface area contributed by atoms with Gasteiger partial charge < -0.3 is 5.11 Å². The molecule has 3 nitrogen and oxygen atoms in total. The van der Waals surface area contributed by atoms with Crippen molar-refractivity contribution in [2.45, 2.75) is 5.75 Å². The number of benzene rings is 4. The van der Waals surface area contributed by atoms with Gasteiger partial charge in [0.05, 0.1) is 0 Å². The molecule has 0 fully saturated rings. The minimum atomic E-state index is 0.129. The van der Waals surface area contributed by atoms with Crippen LogP contribution in [0.5, 0.6) is 5.75 Å². The van der Waals surface area contributed by atoms with E-state index < -0.39 is 0 Å². The standard InChI is InChI=1S/C22H16N2OS2/c25-21-19-13-7-5-11-17(19)16-10-4-6-12-18(16)20(21)23-24-22(26)27-14-15-8-2-1-3-9-15/h1-13,25H,14H2. The van der Waals surface area contributed by atoms with E-state index in [1.165, 1.54) is 17.3 Å². The van der Waals surface area contributed by atoms with Gasteiger partial charge in [0.15, 0.2) is 10.1 Å². The van der Waals surface area contributed by atoms with Crippen LogP contribution in [0.4, 0.5) is 5.69 Å². The molecule has 5 heteroatoms. The second kappa shape index (κ2) is 7.86. The predicted molar refractivity (Wildman–Crippen MR) is 118 cm³/mol. The van der Waals surface area contributed by atoms with Crippen LogP contribution in [0.25, 0.3) is 21.5 Å². The van der Waals surface area contributed by atoms with Crippen LogP contribution in [0.1, 0.15) is 5.56 Å². The molecule has 1 N–H and O–H groups in total. The van der Waals surface area contributed by atoms with E-state index >= 15 is 0 Å². The average Bonchev–Trinajstić information content (AvgIpc) is 2.73. The smallest absolute Gasteiger partial charge is 0.182 e. The Hall–Kier alpha value is -2.76. The molecule has 132 valence electrons. The Balaban J connectivity index is 1.67. The Bertz CT molecular complexity index is 1160. The number of phenolic OH excluding ortho intramolecular Hbond substituents is 1. The maximum Gasteiger partial charge on any atom is 0.182 e. The maximum atomic E-state index is 10.8. The van der Waals surface area contributed by atoms with Gasteiger partial charge in [0.2, 0.25) is 0 Å². The van der Waals surface area contributed by atoms with Crippen molar-refractivity contribution < 1.29 is 5.11 Å². The molecule has 0 bridgehead atoms. The van der Waals surface area contributed by atoms with Crippen LogP contribution in [-0.2, 0) is 5.75 Å². The fraction of sp³-hybridized carbons (Fsp3) is 0.0455. The Morgan fingerprint density at radius 3 is 2.04 bits per heavy atom. The highest BCUT2D eigenvalue weighted by atomic mass is 32.2. The molecule has 0 aliphatic rings. The summed E-state index contributed by atoms with van der Waals surface area (Å²) in [5, 5.41) is 22.9. The van der Waals surface area contributed by atoms with Crippen LogP contribution < -0.4 is 0 Å². The first-order chi connectivity index (χ1) is 13.2. The molecule has 0 heterocycles. The lowest BCUT2D eigenvalue weighted by molar-refractivity contribution is 0.483. The van der Waals surface area contributed by atoms with Crippen LogP contribution in [0.3, 0.4) is 0 Å². The molecule has 4 rings (SSSR count). The number of azo groups is 1. The van der Waals surface area contributed by atoms with E-state index in [-0.39, 0.29) is 5.75 Å². The molecule has 0 saturated heterocycles. The van der Waals surface area contributed by atoms with E-state index in [0.29, 0.717) is 10.0 Å². The van der Waals surface area contributed by atoms with E-state index in [4.69, 9.17) is 12.2 Å². The minimum absolute atomic E-state index is 0.129. The van der Waals surface area contributed by atoms with Crippen LogP contribution in [-0.4, -0.2) is 9.43 Å². The molecule has 4 aromatic carbocycles. The SMILES string of the molecule is Oc1c(N=NC(=S)SCc2ccccc2)c2ccccc2c2ccccc12. The first-order valence-electron chi connectivity index (χ1n) is 8.49. The Labute approximate surface area is 166 Å². The zero-order valence-corrected chi connectivity index (χ0v) is 16.0. The Morgan fingerprint density at radius 2 is 1.33 bits per heavy atom. The third-order valence-corrected chi connectivity index (χ3v) is 5.56. The zero-order chi connectivity index (χ0) is 18.6. The number of hydrogen-bond acceptors (Lipinski definition) is 4. The van der Waals surface area contributed by atoms with Crippen LogP contribution in [0, 0.1) is 0 Å². The molecule has 0 radical (unpaired) electrons. The van der Waals surface area contributed by atoms with E-state index in [2.05, 4.69) is 22.4 Å². The number of phenols is 1. The van der Waals surface area contributed by atoms with Gasteiger partial charge in [-0.25, -0.2) is 0 Å².